The van der Waals surface area contributed by atoms with Gasteiger partial charge < -0.3 is 9.84 Å². The van der Waals surface area contributed by atoms with Gasteiger partial charge in [-0.25, -0.2) is 4.99 Å². The number of nitrogens with zero attached hydrogens (tertiary/aromatic N) is 2. The Bertz CT molecular complexity index is 1060. The van der Waals surface area contributed by atoms with Gasteiger partial charge in [0, 0.05) is 12.1 Å². The number of aliphatic imine (C=N–C) groups is 1. The molecule has 1 amide bonds. The molecule has 0 unspecified atom stereocenters. The number of phenols is 1. The second-order valence-electron chi connectivity index (χ2n) is 7.05. The van der Waals surface area contributed by atoms with E-state index < -0.39 is 0 Å². The molecular formula is C24H26N2O3S. The summed E-state index contributed by atoms with van der Waals surface area (Å²) in [6, 6.07) is 9.58. The maximum atomic E-state index is 13.0. The lowest BCUT2D eigenvalue weighted by Crippen LogP contribution is -2.28. The number of allylic oxidation sites excluding steroid dienone is 1. The number of hydrogen-bond acceptors (Lipinski definition) is 5. The van der Waals surface area contributed by atoms with Crippen LogP contribution in [-0.4, -0.2) is 34.7 Å². The van der Waals surface area contributed by atoms with E-state index in [1.807, 2.05) is 44.2 Å². The zero-order chi connectivity index (χ0) is 21.8. The molecule has 2 aromatic rings. The fourth-order valence-electron chi connectivity index (χ4n) is 3.17. The van der Waals surface area contributed by atoms with Gasteiger partial charge in [-0.3, -0.25) is 9.69 Å². The van der Waals surface area contributed by atoms with Crippen molar-refractivity contribution in [1.82, 2.24) is 4.90 Å². The predicted molar refractivity (Wildman–Crippen MR) is 125 cm³/mol. The number of hydrogen-bond donors (Lipinski definition) is 1. The number of likely N-dealkylation sites (N-methyl/N-ethyl adjacent to an activating group) is 1. The molecule has 1 saturated heterocycles. The first-order valence-electron chi connectivity index (χ1n) is 9.76. The quantitative estimate of drug-likeness (QED) is 0.502. The first-order valence-corrected chi connectivity index (χ1v) is 10.6. The van der Waals surface area contributed by atoms with Crippen molar-refractivity contribution in [2.24, 2.45) is 4.99 Å². The number of methoxy groups -OCH3 is 1. The van der Waals surface area contributed by atoms with E-state index in [0.717, 1.165) is 16.8 Å². The molecular weight excluding hydrogens is 396 g/mol. The Labute approximate surface area is 181 Å². The minimum atomic E-state index is -0.0811. The smallest absolute Gasteiger partial charge is 0.266 e. The zero-order valence-corrected chi connectivity index (χ0v) is 18.5. The molecule has 0 saturated carbocycles. The Kier molecular flexibility index (Phi) is 6.67. The number of thioether (sulfide) groups is 1. The molecule has 1 aliphatic rings. The number of carbonyl (C=O) groups excluding carboxylic acids is 1. The second kappa shape index (κ2) is 9.22. The van der Waals surface area contributed by atoms with Crippen molar-refractivity contribution in [1.29, 1.82) is 0 Å². The highest BCUT2D eigenvalue weighted by Gasteiger charge is 2.32. The van der Waals surface area contributed by atoms with E-state index in [-0.39, 0.29) is 11.7 Å². The average molecular weight is 423 g/mol. The molecule has 1 N–H and O–H groups in total. The molecule has 6 heteroatoms. The van der Waals surface area contributed by atoms with Gasteiger partial charge in [0.25, 0.3) is 5.91 Å². The highest BCUT2D eigenvalue weighted by Crippen LogP contribution is 2.37. The van der Waals surface area contributed by atoms with Gasteiger partial charge in [-0.05, 0) is 86.0 Å². The Morgan fingerprint density at radius 3 is 2.63 bits per heavy atom. The molecule has 2 aromatic carbocycles. The number of phenolic OH excluding ortho intramolecular Hbond substituents is 1. The molecule has 0 radical (unpaired) electrons. The van der Waals surface area contributed by atoms with Gasteiger partial charge in [-0.15, -0.1) is 6.58 Å². The highest BCUT2D eigenvalue weighted by molar-refractivity contribution is 8.18. The third kappa shape index (κ3) is 4.44. The van der Waals surface area contributed by atoms with Gasteiger partial charge in [0.15, 0.2) is 16.7 Å². The number of aryl methyl sites for hydroxylation is 2. The molecule has 0 spiro atoms. The zero-order valence-electron chi connectivity index (χ0n) is 17.7. The average Bonchev–Trinajstić information content (AvgIpc) is 3.01. The number of ether oxygens (including phenoxy) is 1. The number of rotatable bonds is 6. The van der Waals surface area contributed by atoms with Crippen LogP contribution >= 0.6 is 11.8 Å². The molecule has 3 rings (SSSR count). The molecule has 5 nitrogen and oxygen atoms in total. The Balaban J connectivity index is 1.99. The van der Waals surface area contributed by atoms with E-state index in [0.29, 0.717) is 34.4 Å². The summed E-state index contributed by atoms with van der Waals surface area (Å²) in [7, 11) is 1.51. The number of carbonyl (C=O) groups is 1. The summed E-state index contributed by atoms with van der Waals surface area (Å²) in [6.07, 6.45) is 4.03. The predicted octanol–water partition coefficient (Wildman–Crippen LogP) is 5.37. The van der Waals surface area contributed by atoms with Gasteiger partial charge in [0.2, 0.25) is 0 Å². The topological polar surface area (TPSA) is 62.1 Å². The first-order chi connectivity index (χ1) is 14.4. The second-order valence-corrected chi connectivity index (χ2v) is 8.06. The van der Waals surface area contributed by atoms with Crippen molar-refractivity contribution in [2.75, 3.05) is 13.7 Å². The van der Waals surface area contributed by atoms with Gasteiger partial charge in [-0.2, -0.15) is 0 Å². The summed E-state index contributed by atoms with van der Waals surface area (Å²) in [4.78, 5) is 19.9. The van der Waals surface area contributed by atoms with Crippen molar-refractivity contribution in [3.8, 4) is 11.5 Å². The molecule has 0 bridgehead atoms. The molecule has 30 heavy (non-hydrogen) atoms. The molecule has 0 aliphatic carbocycles. The number of benzene rings is 2. The summed E-state index contributed by atoms with van der Waals surface area (Å²) in [5.74, 6) is 0.382. The normalized spacial score (nSPS) is 16.5. The van der Waals surface area contributed by atoms with Crippen molar-refractivity contribution in [3.05, 3.63) is 70.1 Å². The third-order valence-corrected chi connectivity index (χ3v) is 5.98. The van der Waals surface area contributed by atoms with Crippen LogP contribution in [0.15, 0.2) is 52.9 Å². The van der Waals surface area contributed by atoms with E-state index in [1.54, 1.807) is 17.0 Å². The maximum Gasteiger partial charge on any atom is 0.266 e. The highest BCUT2D eigenvalue weighted by atomic mass is 32.2. The summed E-state index contributed by atoms with van der Waals surface area (Å²) in [5.41, 5.74) is 4.67. The van der Waals surface area contributed by atoms with Crippen LogP contribution in [0.4, 0.5) is 5.69 Å². The van der Waals surface area contributed by atoms with Crippen molar-refractivity contribution in [2.45, 2.75) is 27.2 Å². The lowest BCUT2D eigenvalue weighted by Gasteiger charge is -2.12. The van der Waals surface area contributed by atoms with E-state index in [1.165, 1.54) is 24.4 Å². The number of aromatic hydroxyl groups is 1. The van der Waals surface area contributed by atoms with Crippen molar-refractivity contribution < 1.29 is 14.6 Å². The lowest BCUT2D eigenvalue weighted by atomic mass is 10.1. The summed E-state index contributed by atoms with van der Waals surface area (Å²) in [6.45, 7) is 10.3. The fraction of sp³-hybridized carbons (Fsp3) is 0.250. The summed E-state index contributed by atoms with van der Waals surface area (Å²) < 4.78 is 5.29. The minimum Gasteiger partial charge on any atom is -0.504 e. The number of amides is 1. The van der Waals surface area contributed by atoms with Gasteiger partial charge in [0.05, 0.1) is 17.7 Å². The van der Waals surface area contributed by atoms with Crippen LogP contribution in [0.25, 0.3) is 6.08 Å². The van der Waals surface area contributed by atoms with Crippen LogP contribution in [0, 0.1) is 13.8 Å². The van der Waals surface area contributed by atoms with Gasteiger partial charge in [0.1, 0.15) is 0 Å². The number of amidine groups is 1. The van der Waals surface area contributed by atoms with Crippen molar-refractivity contribution in [3.63, 3.8) is 0 Å². The van der Waals surface area contributed by atoms with Gasteiger partial charge >= 0.3 is 0 Å². The molecule has 156 valence electrons. The molecule has 1 heterocycles. The van der Waals surface area contributed by atoms with Crippen LogP contribution in [0.2, 0.25) is 0 Å². The summed E-state index contributed by atoms with van der Waals surface area (Å²) in [5, 5.41) is 11.0. The Morgan fingerprint density at radius 2 is 2.00 bits per heavy atom. The van der Waals surface area contributed by atoms with E-state index in [2.05, 4.69) is 13.5 Å². The van der Waals surface area contributed by atoms with Gasteiger partial charge in [-0.1, -0.05) is 12.1 Å². The third-order valence-electron chi connectivity index (χ3n) is 4.98. The van der Waals surface area contributed by atoms with Crippen LogP contribution < -0.4 is 4.74 Å². The van der Waals surface area contributed by atoms with Crippen LogP contribution in [0.3, 0.4) is 0 Å². The fourth-order valence-corrected chi connectivity index (χ4v) is 4.23. The monoisotopic (exact) mass is 422 g/mol. The van der Waals surface area contributed by atoms with Crippen LogP contribution in [0.1, 0.15) is 29.2 Å². The van der Waals surface area contributed by atoms with E-state index in [9.17, 15) is 9.90 Å². The summed E-state index contributed by atoms with van der Waals surface area (Å²) >= 11 is 1.35. The molecule has 1 aliphatic heterocycles. The molecule has 1 fully saturated rings. The molecule has 0 aromatic heterocycles. The van der Waals surface area contributed by atoms with Crippen LogP contribution in [0.5, 0.6) is 11.5 Å². The lowest BCUT2D eigenvalue weighted by molar-refractivity contribution is -0.122. The van der Waals surface area contributed by atoms with E-state index >= 15 is 0 Å². The van der Waals surface area contributed by atoms with Crippen LogP contribution in [-0.2, 0) is 11.2 Å². The minimum absolute atomic E-state index is 0.0811. The first kappa shape index (κ1) is 21.7. The largest absolute Gasteiger partial charge is 0.504 e. The Hall–Kier alpha value is -2.99. The SMILES string of the molecule is C=CCc1cc(/C=C2/SC(=Nc3ccc(C)c(C)c3)N(CC)C2=O)cc(OC)c1O. The van der Waals surface area contributed by atoms with Crippen molar-refractivity contribution >= 4 is 34.6 Å². The maximum absolute atomic E-state index is 13.0. The van der Waals surface area contributed by atoms with E-state index in [4.69, 9.17) is 9.73 Å². The molecule has 0 atom stereocenters. The standard InChI is InChI=1S/C24H26N2O3S/c1-6-8-18-12-17(13-20(29-5)22(18)27)14-21-23(28)26(7-2)24(30-21)25-19-10-9-15(3)16(4)11-19/h6,9-14,27H,1,7-8H2,2-5H3/b21-14+,25-24?. The Morgan fingerprint density at radius 1 is 1.23 bits per heavy atom.